The summed E-state index contributed by atoms with van der Waals surface area (Å²) in [5, 5.41) is 2.95. The van der Waals surface area contributed by atoms with Crippen LogP contribution in [0.4, 0.5) is 20.2 Å². The van der Waals surface area contributed by atoms with E-state index in [-0.39, 0.29) is 17.4 Å². The molecule has 0 aliphatic rings. The van der Waals surface area contributed by atoms with Gasteiger partial charge in [-0.05, 0) is 37.5 Å². The predicted molar refractivity (Wildman–Crippen MR) is 78.6 cm³/mol. The second-order valence-corrected chi connectivity index (χ2v) is 4.90. The van der Waals surface area contributed by atoms with E-state index in [9.17, 15) is 8.78 Å². The van der Waals surface area contributed by atoms with Crippen molar-refractivity contribution in [2.24, 2.45) is 0 Å². The second kappa shape index (κ2) is 6.37. The van der Waals surface area contributed by atoms with E-state index in [1.165, 1.54) is 11.6 Å². The number of anilines is 2. The Morgan fingerprint density at radius 1 is 1.10 bits per heavy atom. The van der Waals surface area contributed by atoms with Crippen molar-refractivity contribution in [3.8, 4) is 0 Å². The van der Waals surface area contributed by atoms with Crippen LogP contribution in [0.25, 0.3) is 0 Å². The number of hydrogen-bond donors (Lipinski definition) is 2. The lowest BCUT2D eigenvalue weighted by atomic mass is 10.1. The van der Waals surface area contributed by atoms with Crippen LogP contribution in [0.3, 0.4) is 0 Å². The van der Waals surface area contributed by atoms with E-state index >= 15 is 0 Å². The molecule has 1 unspecified atom stereocenters. The van der Waals surface area contributed by atoms with Gasteiger partial charge in [-0.3, -0.25) is 0 Å². The zero-order valence-corrected chi connectivity index (χ0v) is 11.4. The maximum absolute atomic E-state index is 13.7. The normalized spacial score (nSPS) is 12.2. The van der Waals surface area contributed by atoms with Crippen LogP contribution in [-0.4, -0.2) is 6.04 Å². The molecule has 3 N–H and O–H groups in total. The van der Waals surface area contributed by atoms with Gasteiger partial charge in [0, 0.05) is 6.04 Å². The van der Waals surface area contributed by atoms with Gasteiger partial charge in [0.15, 0.2) is 11.6 Å². The summed E-state index contributed by atoms with van der Waals surface area (Å²) < 4.78 is 26.9. The van der Waals surface area contributed by atoms with Crippen LogP contribution in [0.1, 0.15) is 18.9 Å². The molecule has 20 heavy (non-hydrogen) atoms. The fourth-order valence-electron chi connectivity index (χ4n) is 2.06. The third-order valence-electron chi connectivity index (χ3n) is 3.23. The van der Waals surface area contributed by atoms with Crippen LogP contribution >= 0.6 is 0 Å². The molecule has 0 heterocycles. The molecule has 0 fully saturated rings. The summed E-state index contributed by atoms with van der Waals surface area (Å²) in [5.41, 5.74) is 7.16. The number of benzene rings is 2. The maximum Gasteiger partial charge on any atom is 0.183 e. The lowest BCUT2D eigenvalue weighted by molar-refractivity contribution is 0.510. The van der Waals surface area contributed by atoms with Gasteiger partial charge < -0.3 is 11.1 Å². The number of nitrogens with two attached hydrogens (primary N) is 1. The Hall–Kier alpha value is -2.10. The average molecular weight is 276 g/mol. The summed E-state index contributed by atoms with van der Waals surface area (Å²) in [5.74, 6) is -1.81. The molecule has 0 aliphatic carbocycles. The van der Waals surface area contributed by atoms with Gasteiger partial charge in [-0.1, -0.05) is 30.3 Å². The molecule has 0 saturated carbocycles. The number of aryl methyl sites for hydroxylation is 1. The molecular weight excluding hydrogens is 258 g/mol. The van der Waals surface area contributed by atoms with E-state index in [2.05, 4.69) is 5.32 Å². The molecule has 0 amide bonds. The Balaban J connectivity index is 1.98. The first-order valence-corrected chi connectivity index (χ1v) is 6.62. The highest BCUT2D eigenvalue weighted by Crippen LogP contribution is 2.25. The van der Waals surface area contributed by atoms with E-state index in [0.717, 1.165) is 18.9 Å². The van der Waals surface area contributed by atoms with E-state index in [1.54, 1.807) is 0 Å². The smallest absolute Gasteiger partial charge is 0.183 e. The molecule has 2 rings (SSSR count). The summed E-state index contributed by atoms with van der Waals surface area (Å²) in [4.78, 5) is 0. The van der Waals surface area contributed by atoms with Crippen LogP contribution in [0.15, 0.2) is 42.5 Å². The van der Waals surface area contributed by atoms with Crippen molar-refractivity contribution < 1.29 is 8.78 Å². The van der Waals surface area contributed by atoms with Crippen molar-refractivity contribution in [1.82, 2.24) is 0 Å². The van der Waals surface area contributed by atoms with Crippen LogP contribution in [-0.2, 0) is 6.42 Å². The third-order valence-corrected chi connectivity index (χ3v) is 3.23. The Bertz CT molecular complexity index is 570. The number of nitrogen functional groups attached to an aromatic ring is 1. The number of rotatable bonds is 5. The molecule has 106 valence electrons. The molecule has 0 radical (unpaired) electrons. The van der Waals surface area contributed by atoms with E-state index in [1.807, 2.05) is 37.3 Å². The number of nitrogens with one attached hydrogen (secondary N) is 1. The molecule has 0 bridgehead atoms. The highest BCUT2D eigenvalue weighted by molar-refractivity contribution is 5.67. The van der Waals surface area contributed by atoms with Crippen LogP contribution in [0, 0.1) is 11.6 Å². The molecule has 1 atom stereocenters. The van der Waals surface area contributed by atoms with Gasteiger partial charge in [-0.25, -0.2) is 8.78 Å². The second-order valence-electron chi connectivity index (χ2n) is 4.90. The summed E-state index contributed by atoms with van der Waals surface area (Å²) in [6.45, 7) is 1.92. The van der Waals surface area contributed by atoms with Crippen molar-refractivity contribution in [2.75, 3.05) is 11.1 Å². The highest BCUT2D eigenvalue weighted by Gasteiger charge is 2.13. The maximum atomic E-state index is 13.7. The molecule has 0 spiro atoms. The van der Waals surface area contributed by atoms with Crippen LogP contribution in [0.5, 0.6) is 0 Å². The van der Waals surface area contributed by atoms with Gasteiger partial charge >= 0.3 is 0 Å². The van der Waals surface area contributed by atoms with Crippen molar-refractivity contribution in [2.45, 2.75) is 25.8 Å². The van der Waals surface area contributed by atoms with E-state index in [0.29, 0.717) is 0 Å². The Kier molecular flexibility index (Phi) is 4.56. The monoisotopic (exact) mass is 276 g/mol. The van der Waals surface area contributed by atoms with Crippen LogP contribution in [0.2, 0.25) is 0 Å². The summed E-state index contributed by atoms with van der Waals surface area (Å²) in [6, 6.07) is 12.4. The predicted octanol–water partition coefficient (Wildman–Crippen LogP) is 3.98. The fourth-order valence-corrected chi connectivity index (χ4v) is 2.06. The van der Waals surface area contributed by atoms with Gasteiger partial charge in [0.1, 0.15) is 0 Å². The summed E-state index contributed by atoms with van der Waals surface area (Å²) in [7, 11) is 0. The third kappa shape index (κ3) is 3.47. The van der Waals surface area contributed by atoms with E-state index in [4.69, 9.17) is 5.73 Å². The topological polar surface area (TPSA) is 38.0 Å². The highest BCUT2D eigenvalue weighted by atomic mass is 19.2. The van der Waals surface area contributed by atoms with Crippen molar-refractivity contribution >= 4 is 11.4 Å². The van der Waals surface area contributed by atoms with Crippen molar-refractivity contribution in [3.63, 3.8) is 0 Å². The van der Waals surface area contributed by atoms with Gasteiger partial charge in [0.25, 0.3) is 0 Å². The first-order chi connectivity index (χ1) is 9.58. The molecular formula is C16H18F2N2. The van der Waals surface area contributed by atoms with E-state index < -0.39 is 11.6 Å². The fraction of sp³-hybridized carbons (Fsp3) is 0.250. The molecule has 2 aromatic carbocycles. The van der Waals surface area contributed by atoms with Crippen LogP contribution < -0.4 is 11.1 Å². The Morgan fingerprint density at radius 3 is 2.50 bits per heavy atom. The largest absolute Gasteiger partial charge is 0.397 e. The zero-order chi connectivity index (χ0) is 14.5. The van der Waals surface area contributed by atoms with Gasteiger partial charge in [-0.2, -0.15) is 0 Å². The minimum Gasteiger partial charge on any atom is -0.397 e. The first kappa shape index (κ1) is 14.3. The molecule has 2 aromatic rings. The Labute approximate surface area is 117 Å². The average Bonchev–Trinajstić information content (AvgIpc) is 2.46. The standard InChI is InChI=1S/C16H18F2N2/c1-11(7-8-12-5-3-2-4-6-12)20-16-14(19)10-9-13(17)15(16)18/h2-6,9-11,20H,7-8,19H2,1H3. The minimum absolute atomic E-state index is 0.00574. The molecule has 0 aromatic heterocycles. The Morgan fingerprint density at radius 2 is 1.80 bits per heavy atom. The summed E-state index contributed by atoms with van der Waals surface area (Å²) in [6.07, 6.45) is 1.67. The molecule has 0 saturated heterocycles. The SMILES string of the molecule is CC(CCc1ccccc1)Nc1c(N)ccc(F)c1F. The lowest BCUT2D eigenvalue weighted by Crippen LogP contribution is -2.18. The molecule has 0 aliphatic heterocycles. The lowest BCUT2D eigenvalue weighted by Gasteiger charge is -2.17. The molecule has 4 heteroatoms. The number of hydrogen-bond acceptors (Lipinski definition) is 2. The van der Waals surface area contributed by atoms with Gasteiger partial charge in [0.2, 0.25) is 0 Å². The summed E-state index contributed by atoms with van der Waals surface area (Å²) >= 11 is 0. The van der Waals surface area contributed by atoms with Gasteiger partial charge in [-0.15, -0.1) is 0 Å². The minimum atomic E-state index is -0.920. The quantitative estimate of drug-likeness (QED) is 0.811. The van der Waals surface area contributed by atoms with Gasteiger partial charge in [0.05, 0.1) is 11.4 Å². The molecule has 2 nitrogen and oxygen atoms in total. The number of halogens is 2. The first-order valence-electron chi connectivity index (χ1n) is 6.62. The zero-order valence-electron chi connectivity index (χ0n) is 11.4. The van der Waals surface area contributed by atoms with Crippen molar-refractivity contribution in [3.05, 3.63) is 59.7 Å². The van der Waals surface area contributed by atoms with Crippen molar-refractivity contribution in [1.29, 1.82) is 0 Å².